The fraction of sp³-hybridized carbons (Fsp3) is 0.526. The van der Waals surface area contributed by atoms with Crippen molar-refractivity contribution < 1.29 is 4.74 Å². The Labute approximate surface area is 168 Å². The lowest BCUT2D eigenvalue weighted by atomic mass is 10.0. The maximum Gasteiger partial charge on any atom is 0.227 e. The monoisotopic (exact) mass is 432 g/mol. The van der Waals surface area contributed by atoms with E-state index in [0.29, 0.717) is 6.04 Å². The van der Waals surface area contributed by atoms with E-state index in [2.05, 4.69) is 53.1 Å². The number of nitrogens with zero attached hydrogens (tertiary/aromatic N) is 5. The van der Waals surface area contributed by atoms with Crippen molar-refractivity contribution in [2.75, 3.05) is 49.6 Å². The number of halogens is 1. The number of hydrogen-bond donors (Lipinski definition) is 1. The number of likely N-dealkylation sites (tertiary alicyclic amines) is 1. The molecule has 4 heterocycles. The molecule has 27 heavy (non-hydrogen) atoms. The molecule has 2 aromatic heterocycles. The first-order chi connectivity index (χ1) is 13.3. The summed E-state index contributed by atoms with van der Waals surface area (Å²) in [5, 5.41) is 3.59. The Morgan fingerprint density at radius 1 is 1.07 bits per heavy atom. The molecule has 2 saturated heterocycles. The number of piperidine rings is 1. The second-order valence-corrected chi connectivity index (χ2v) is 7.92. The third kappa shape index (κ3) is 5.15. The van der Waals surface area contributed by atoms with Gasteiger partial charge < -0.3 is 15.0 Å². The third-order valence-electron chi connectivity index (χ3n) is 5.05. The van der Waals surface area contributed by atoms with Crippen molar-refractivity contribution in [1.82, 2.24) is 19.9 Å². The van der Waals surface area contributed by atoms with Gasteiger partial charge in [-0.05, 0) is 47.0 Å². The largest absolute Gasteiger partial charge is 0.378 e. The fourth-order valence-electron chi connectivity index (χ4n) is 3.52. The van der Waals surface area contributed by atoms with Gasteiger partial charge in [-0.15, -0.1) is 0 Å². The summed E-state index contributed by atoms with van der Waals surface area (Å²) in [5.41, 5.74) is 1.12. The van der Waals surface area contributed by atoms with Crippen LogP contribution in [0.15, 0.2) is 35.1 Å². The van der Waals surface area contributed by atoms with Crippen LogP contribution in [0.1, 0.15) is 18.5 Å². The average molecular weight is 433 g/mol. The highest BCUT2D eigenvalue weighted by Gasteiger charge is 2.20. The summed E-state index contributed by atoms with van der Waals surface area (Å²) in [6.45, 7) is 6.24. The van der Waals surface area contributed by atoms with E-state index in [1.54, 1.807) is 0 Å². The molecule has 0 bridgehead atoms. The minimum absolute atomic E-state index is 0.451. The number of hydrogen-bond acceptors (Lipinski definition) is 7. The summed E-state index contributed by atoms with van der Waals surface area (Å²) in [4.78, 5) is 18.3. The van der Waals surface area contributed by atoms with E-state index in [1.165, 1.54) is 0 Å². The molecule has 2 aromatic rings. The number of pyridine rings is 1. The van der Waals surface area contributed by atoms with Crippen molar-refractivity contribution >= 4 is 27.7 Å². The van der Waals surface area contributed by atoms with Gasteiger partial charge in [0, 0.05) is 55.6 Å². The highest BCUT2D eigenvalue weighted by atomic mass is 79.9. The Bertz CT molecular complexity index is 729. The number of anilines is 2. The lowest BCUT2D eigenvalue weighted by Crippen LogP contribution is -2.39. The van der Waals surface area contributed by atoms with E-state index in [-0.39, 0.29) is 0 Å². The molecule has 7 nitrogen and oxygen atoms in total. The molecule has 0 amide bonds. The molecule has 0 aromatic carbocycles. The average Bonchev–Trinajstić information content (AvgIpc) is 2.72. The van der Waals surface area contributed by atoms with Gasteiger partial charge in [0.1, 0.15) is 5.82 Å². The smallest absolute Gasteiger partial charge is 0.227 e. The molecule has 4 rings (SSSR count). The van der Waals surface area contributed by atoms with Crippen LogP contribution in [0, 0.1) is 0 Å². The predicted octanol–water partition coefficient (Wildman–Crippen LogP) is 2.55. The second-order valence-electron chi connectivity index (χ2n) is 7.00. The molecular formula is C19H25BrN6O. The zero-order valence-electron chi connectivity index (χ0n) is 15.4. The first-order valence-corrected chi connectivity index (χ1v) is 10.3. The van der Waals surface area contributed by atoms with Crippen LogP contribution in [0.25, 0.3) is 0 Å². The maximum absolute atomic E-state index is 5.41. The molecule has 2 fully saturated rings. The molecule has 0 saturated carbocycles. The van der Waals surface area contributed by atoms with Gasteiger partial charge in [-0.3, -0.25) is 9.88 Å². The van der Waals surface area contributed by atoms with Gasteiger partial charge in [0.2, 0.25) is 5.95 Å². The van der Waals surface area contributed by atoms with Crippen LogP contribution in [0.2, 0.25) is 0 Å². The quantitative estimate of drug-likeness (QED) is 0.778. The van der Waals surface area contributed by atoms with Crippen molar-refractivity contribution in [1.29, 1.82) is 0 Å². The molecule has 0 atom stereocenters. The number of morpholine rings is 1. The molecular weight excluding hydrogens is 408 g/mol. The van der Waals surface area contributed by atoms with Crippen molar-refractivity contribution in [3.05, 3.63) is 40.8 Å². The van der Waals surface area contributed by atoms with Gasteiger partial charge in [0.05, 0.1) is 18.9 Å². The normalized spacial score (nSPS) is 19.2. The van der Waals surface area contributed by atoms with E-state index in [1.807, 2.05) is 18.5 Å². The summed E-state index contributed by atoms with van der Waals surface area (Å²) in [5.74, 6) is 1.71. The summed E-state index contributed by atoms with van der Waals surface area (Å²) >= 11 is 3.44. The van der Waals surface area contributed by atoms with Crippen LogP contribution in [-0.2, 0) is 11.3 Å². The van der Waals surface area contributed by atoms with Crippen LogP contribution >= 0.6 is 15.9 Å². The first kappa shape index (κ1) is 18.6. The van der Waals surface area contributed by atoms with Gasteiger partial charge in [0.25, 0.3) is 0 Å². The SMILES string of the molecule is Brc1ccc(CN2CCC(Nc3ccnc(N4CCOCC4)n3)CC2)nc1. The van der Waals surface area contributed by atoms with E-state index in [4.69, 9.17) is 9.72 Å². The lowest BCUT2D eigenvalue weighted by molar-refractivity contribution is 0.122. The van der Waals surface area contributed by atoms with Gasteiger partial charge in [-0.25, -0.2) is 4.98 Å². The fourth-order valence-corrected chi connectivity index (χ4v) is 3.75. The molecule has 144 valence electrons. The number of rotatable bonds is 5. The second kappa shape index (κ2) is 8.95. The lowest BCUT2D eigenvalue weighted by Gasteiger charge is -2.32. The van der Waals surface area contributed by atoms with Crippen molar-refractivity contribution in [2.24, 2.45) is 0 Å². The van der Waals surface area contributed by atoms with Crippen LogP contribution in [0.3, 0.4) is 0 Å². The van der Waals surface area contributed by atoms with Crippen molar-refractivity contribution in [3.8, 4) is 0 Å². The Morgan fingerprint density at radius 3 is 2.63 bits per heavy atom. The predicted molar refractivity (Wildman–Crippen MR) is 109 cm³/mol. The van der Waals surface area contributed by atoms with Gasteiger partial charge >= 0.3 is 0 Å². The molecule has 2 aliphatic heterocycles. The van der Waals surface area contributed by atoms with Crippen LogP contribution in [0.4, 0.5) is 11.8 Å². The first-order valence-electron chi connectivity index (χ1n) is 9.51. The van der Waals surface area contributed by atoms with E-state index >= 15 is 0 Å². The third-order valence-corrected chi connectivity index (χ3v) is 5.52. The van der Waals surface area contributed by atoms with Crippen molar-refractivity contribution in [2.45, 2.75) is 25.4 Å². The Morgan fingerprint density at radius 2 is 1.89 bits per heavy atom. The standard InChI is InChI=1S/C19H25BrN6O/c20-15-1-2-17(22-13-15)14-25-7-4-16(5-8-25)23-18-3-6-21-19(24-18)26-9-11-27-12-10-26/h1-3,6,13,16H,4-5,7-12,14H2,(H,21,23,24). The zero-order chi connectivity index (χ0) is 18.5. The number of aromatic nitrogens is 3. The van der Waals surface area contributed by atoms with Gasteiger partial charge in [-0.1, -0.05) is 0 Å². The Hall–Kier alpha value is -1.77. The van der Waals surface area contributed by atoms with Gasteiger partial charge in [0.15, 0.2) is 0 Å². The zero-order valence-corrected chi connectivity index (χ0v) is 16.9. The summed E-state index contributed by atoms with van der Waals surface area (Å²) < 4.78 is 6.43. The molecule has 0 radical (unpaired) electrons. The summed E-state index contributed by atoms with van der Waals surface area (Å²) in [7, 11) is 0. The maximum atomic E-state index is 5.41. The minimum Gasteiger partial charge on any atom is -0.378 e. The Balaban J connectivity index is 1.28. The highest BCUT2D eigenvalue weighted by Crippen LogP contribution is 2.19. The van der Waals surface area contributed by atoms with Crippen molar-refractivity contribution in [3.63, 3.8) is 0 Å². The summed E-state index contributed by atoms with van der Waals surface area (Å²) in [6.07, 6.45) is 5.92. The molecule has 0 aliphatic carbocycles. The summed E-state index contributed by atoms with van der Waals surface area (Å²) in [6, 6.07) is 6.55. The van der Waals surface area contributed by atoms with E-state index < -0.39 is 0 Å². The topological polar surface area (TPSA) is 66.4 Å². The molecule has 0 spiro atoms. The molecule has 2 aliphatic rings. The number of ether oxygens (including phenoxy) is 1. The molecule has 8 heteroatoms. The van der Waals surface area contributed by atoms with Gasteiger partial charge in [-0.2, -0.15) is 4.98 Å². The van der Waals surface area contributed by atoms with Crippen LogP contribution < -0.4 is 10.2 Å². The van der Waals surface area contributed by atoms with Crippen LogP contribution in [0.5, 0.6) is 0 Å². The molecule has 1 N–H and O–H groups in total. The molecule has 0 unspecified atom stereocenters. The van der Waals surface area contributed by atoms with E-state index in [9.17, 15) is 0 Å². The highest BCUT2D eigenvalue weighted by molar-refractivity contribution is 9.10. The van der Waals surface area contributed by atoms with E-state index in [0.717, 1.165) is 80.7 Å². The Kier molecular flexibility index (Phi) is 6.16. The number of nitrogens with one attached hydrogen (secondary N) is 1. The van der Waals surface area contributed by atoms with Crippen LogP contribution in [-0.4, -0.2) is 65.3 Å². The minimum atomic E-state index is 0.451.